The van der Waals surface area contributed by atoms with Gasteiger partial charge in [-0.25, -0.2) is 9.97 Å². The minimum absolute atomic E-state index is 0.0796. The molecule has 6 heterocycles. The first kappa shape index (κ1) is 25.7. The number of rotatable bonds is 6. The van der Waals surface area contributed by atoms with Crippen molar-refractivity contribution in [1.29, 1.82) is 0 Å². The fourth-order valence-corrected chi connectivity index (χ4v) is 6.74. The predicted octanol–water partition coefficient (Wildman–Crippen LogP) is 4.43. The third-order valence-electron chi connectivity index (χ3n) is 8.79. The fourth-order valence-electron chi connectivity index (χ4n) is 6.74. The lowest BCUT2D eigenvalue weighted by Gasteiger charge is -2.30. The summed E-state index contributed by atoms with van der Waals surface area (Å²) in [6.07, 6.45) is 5.55. The molecule has 1 saturated heterocycles. The first-order valence-corrected chi connectivity index (χ1v) is 14.4. The van der Waals surface area contributed by atoms with Crippen LogP contribution < -0.4 is 10.6 Å². The lowest BCUT2D eigenvalue weighted by molar-refractivity contribution is -0.132. The maximum atomic E-state index is 13.1. The number of fused-ring (bicyclic) bond motifs is 4. The summed E-state index contributed by atoms with van der Waals surface area (Å²) in [5, 5.41) is 7.64. The first-order valence-electron chi connectivity index (χ1n) is 14.4. The van der Waals surface area contributed by atoms with Gasteiger partial charge in [-0.05, 0) is 85.8 Å². The minimum atomic E-state index is -0.0796. The number of nitrogens with zero attached hydrogens (tertiary/aromatic N) is 5. The molecular weight excluding hydrogens is 514 g/mol. The van der Waals surface area contributed by atoms with Gasteiger partial charge in [0.25, 0.3) is 5.91 Å². The minimum Gasteiger partial charge on any atom is -0.348 e. The van der Waals surface area contributed by atoms with Gasteiger partial charge >= 0.3 is 0 Å². The molecule has 1 aromatic carbocycles. The maximum absolute atomic E-state index is 13.1. The molecule has 41 heavy (non-hydrogen) atoms. The van der Waals surface area contributed by atoms with Gasteiger partial charge in [0.05, 0.1) is 16.9 Å². The van der Waals surface area contributed by atoms with Crippen molar-refractivity contribution in [3.63, 3.8) is 0 Å². The summed E-state index contributed by atoms with van der Waals surface area (Å²) in [5.41, 5.74) is 9.02. The number of amides is 2. The number of pyridine rings is 2. The number of benzene rings is 1. The van der Waals surface area contributed by atoms with E-state index in [4.69, 9.17) is 9.97 Å². The van der Waals surface area contributed by atoms with Gasteiger partial charge < -0.3 is 25.0 Å². The summed E-state index contributed by atoms with van der Waals surface area (Å²) in [7, 11) is 5.92. The Balaban J connectivity index is 1.25. The molecule has 3 aliphatic rings. The Bertz CT molecular complexity index is 1710. The molecule has 1 atom stereocenters. The molecule has 7 rings (SSSR count). The average Bonchev–Trinajstić information content (AvgIpc) is 3.66. The Morgan fingerprint density at radius 3 is 2.80 bits per heavy atom. The van der Waals surface area contributed by atoms with Gasteiger partial charge in [-0.3, -0.25) is 9.59 Å². The van der Waals surface area contributed by atoms with E-state index in [9.17, 15) is 9.59 Å². The molecular formula is C32H35N7O2. The molecule has 0 unspecified atom stereocenters. The van der Waals surface area contributed by atoms with Gasteiger partial charge in [-0.1, -0.05) is 12.1 Å². The summed E-state index contributed by atoms with van der Waals surface area (Å²) < 4.78 is 2.32. The second-order valence-electron chi connectivity index (χ2n) is 11.8. The third-order valence-corrected chi connectivity index (χ3v) is 8.79. The number of nitrogens with one attached hydrogen (secondary N) is 2. The highest BCUT2D eigenvalue weighted by Gasteiger charge is 2.29. The van der Waals surface area contributed by atoms with Gasteiger partial charge in [0.15, 0.2) is 0 Å². The number of anilines is 2. The molecule has 4 aromatic rings. The van der Waals surface area contributed by atoms with Crippen LogP contribution in [-0.4, -0.2) is 63.8 Å². The van der Waals surface area contributed by atoms with Crippen LogP contribution in [0.4, 0.5) is 11.5 Å². The summed E-state index contributed by atoms with van der Waals surface area (Å²) in [6, 6.07) is 12.5. The van der Waals surface area contributed by atoms with Crippen molar-refractivity contribution in [3.05, 3.63) is 70.7 Å². The zero-order valence-corrected chi connectivity index (χ0v) is 23.8. The summed E-state index contributed by atoms with van der Waals surface area (Å²) >= 11 is 0. The van der Waals surface area contributed by atoms with Crippen LogP contribution in [0.15, 0.2) is 42.6 Å². The lowest BCUT2D eigenvalue weighted by Crippen LogP contribution is -2.35. The quantitative estimate of drug-likeness (QED) is 0.370. The molecule has 0 radical (unpaired) electrons. The van der Waals surface area contributed by atoms with Crippen molar-refractivity contribution in [3.8, 4) is 11.1 Å². The molecule has 0 bridgehead atoms. The van der Waals surface area contributed by atoms with Crippen LogP contribution in [0.25, 0.3) is 22.2 Å². The second kappa shape index (κ2) is 9.99. The largest absolute Gasteiger partial charge is 0.348 e. The maximum Gasteiger partial charge on any atom is 0.254 e. The molecule has 210 valence electrons. The van der Waals surface area contributed by atoms with E-state index in [1.54, 1.807) is 4.90 Å². The summed E-state index contributed by atoms with van der Waals surface area (Å²) in [5.74, 6) is 0.952. The number of piperidine rings is 1. The Morgan fingerprint density at radius 1 is 1.10 bits per heavy atom. The van der Waals surface area contributed by atoms with Crippen LogP contribution in [0.2, 0.25) is 0 Å². The standard InChI is InChI=1S/C32H35N7O2/c1-37(2)18-27-21(19-11-14-38(3)29(40)15-19)7-9-28(36-27)35-26-8-6-22(25-17-34-32(41)30(25)26)23-10-12-33-31-24(23)16-20-5-4-13-39(20)31/h6-10,12,16,19H,4-5,11,13-15,17-18H2,1-3H3,(H,34,41)(H,35,36)/t19-/m0/s1. The van der Waals surface area contributed by atoms with E-state index in [0.29, 0.717) is 30.9 Å². The van der Waals surface area contributed by atoms with E-state index in [-0.39, 0.29) is 17.7 Å². The molecule has 3 aromatic heterocycles. The highest BCUT2D eigenvalue weighted by Crippen LogP contribution is 2.39. The van der Waals surface area contributed by atoms with Gasteiger partial charge in [0.1, 0.15) is 11.5 Å². The SMILES string of the molecule is CN(C)Cc1nc(Nc2ccc(-c3ccnc4c3cc3n4CCC3)c3c2C(=O)NC3)ccc1[C@H]1CCN(C)C(=O)C1. The zero-order chi connectivity index (χ0) is 28.2. The van der Waals surface area contributed by atoms with Gasteiger partial charge in [-0.2, -0.15) is 0 Å². The van der Waals surface area contributed by atoms with E-state index >= 15 is 0 Å². The van der Waals surface area contributed by atoms with Crippen molar-refractivity contribution < 1.29 is 9.59 Å². The van der Waals surface area contributed by atoms with Crippen LogP contribution in [-0.2, 0) is 30.8 Å². The molecule has 1 fully saturated rings. The topological polar surface area (TPSA) is 95.4 Å². The van der Waals surface area contributed by atoms with E-state index in [1.165, 1.54) is 5.69 Å². The van der Waals surface area contributed by atoms with Crippen molar-refractivity contribution in [2.24, 2.45) is 0 Å². The van der Waals surface area contributed by atoms with Gasteiger partial charge in [0.2, 0.25) is 5.91 Å². The van der Waals surface area contributed by atoms with E-state index in [1.807, 2.05) is 39.5 Å². The van der Waals surface area contributed by atoms with Crippen molar-refractivity contribution in [2.75, 3.05) is 33.0 Å². The lowest BCUT2D eigenvalue weighted by atomic mass is 9.88. The Kier molecular flexibility index (Phi) is 6.27. The van der Waals surface area contributed by atoms with E-state index in [2.05, 4.69) is 44.4 Å². The molecule has 3 aliphatic heterocycles. The third kappa shape index (κ3) is 4.44. The molecule has 2 N–H and O–H groups in total. The van der Waals surface area contributed by atoms with Crippen LogP contribution in [0.3, 0.4) is 0 Å². The fraction of sp³-hybridized carbons (Fsp3) is 0.375. The number of aryl methyl sites for hydroxylation is 2. The average molecular weight is 550 g/mol. The number of hydrogen-bond donors (Lipinski definition) is 2. The summed E-state index contributed by atoms with van der Waals surface area (Å²) in [4.78, 5) is 39.2. The van der Waals surface area contributed by atoms with Crippen LogP contribution in [0, 0.1) is 0 Å². The first-order chi connectivity index (χ1) is 19.9. The number of likely N-dealkylation sites (tertiary alicyclic amines) is 1. The number of carbonyl (C=O) groups is 2. The Morgan fingerprint density at radius 2 is 1.98 bits per heavy atom. The van der Waals surface area contributed by atoms with E-state index in [0.717, 1.165) is 77.0 Å². The van der Waals surface area contributed by atoms with Crippen molar-refractivity contribution in [1.82, 2.24) is 29.7 Å². The molecule has 0 saturated carbocycles. The highest BCUT2D eigenvalue weighted by atomic mass is 16.2. The molecule has 9 nitrogen and oxygen atoms in total. The zero-order valence-electron chi connectivity index (χ0n) is 23.8. The number of carbonyl (C=O) groups excluding carboxylic acids is 2. The van der Waals surface area contributed by atoms with Crippen molar-refractivity contribution in [2.45, 2.75) is 51.2 Å². The molecule has 0 aliphatic carbocycles. The number of aromatic nitrogens is 3. The molecule has 9 heteroatoms. The Labute approximate surface area is 239 Å². The van der Waals surface area contributed by atoms with Gasteiger partial charge in [0, 0.05) is 56.9 Å². The molecule has 2 amide bonds. The highest BCUT2D eigenvalue weighted by molar-refractivity contribution is 6.07. The number of hydrogen-bond acceptors (Lipinski definition) is 6. The van der Waals surface area contributed by atoms with E-state index < -0.39 is 0 Å². The predicted molar refractivity (Wildman–Crippen MR) is 159 cm³/mol. The van der Waals surface area contributed by atoms with Gasteiger partial charge in [-0.15, -0.1) is 0 Å². The monoisotopic (exact) mass is 549 g/mol. The molecule has 0 spiro atoms. The summed E-state index contributed by atoms with van der Waals surface area (Å²) in [6.45, 7) is 2.92. The Hall–Kier alpha value is -4.24. The van der Waals surface area contributed by atoms with Crippen LogP contribution >= 0.6 is 0 Å². The van der Waals surface area contributed by atoms with Crippen LogP contribution in [0.5, 0.6) is 0 Å². The van der Waals surface area contributed by atoms with Crippen LogP contribution in [0.1, 0.15) is 58.1 Å². The smallest absolute Gasteiger partial charge is 0.254 e. The van der Waals surface area contributed by atoms with Crippen molar-refractivity contribution >= 4 is 34.4 Å². The second-order valence-corrected chi connectivity index (χ2v) is 11.8. The normalized spacial score (nSPS) is 18.2.